The lowest BCUT2D eigenvalue weighted by Gasteiger charge is -2.07. The lowest BCUT2D eigenvalue weighted by molar-refractivity contribution is -0.119. The Balaban J connectivity index is 2.24. The maximum Gasteiger partial charge on any atom is 0.160 e. The summed E-state index contributed by atoms with van der Waals surface area (Å²) in [7, 11) is 1.53. The summed E-state index contributed by atoms with van der Waals surface area (Å²) in [5.74, 6) is 1.68. The van der Waals surface area contributed by atoms with Crippen LogP contribution in [-0.4, -0.2) is 18.0 Å². The molecule has 0 heterocycles. The van der Waals surface area contributed by atoms with Gasteiger partial charge < -0.3 is 9.84 Å². The molecule has 1 rings (SSSR count). The highest BCUT2D eigenvalue weighted by atomic mass is 16.5. The number of ketones is 1. The summed E-state index contributed by atoms with van der Waals surface area (Å²) < 4.78 is 5.07. The second kappa shape index (κ2) is 9.43. The maximum atomic E-state index is 11.9. The largest absolute Gasteiger partial charge is 0.504 e. The van der Waals surface area contributed by atoms with Crippen LogP contribution >= 0.6 is 0 Å². The van der Waals surface area contributed by atoms with Gasteiger partial charge in [-0.1, -0.05) is 39.2 Å². The third-order valence-corrected chi connectivity index (χ3v) is 3.67. The van der Waals surface area contributed by atoms with E-state index in [1.165, 1.54) is 20.0 Å². The summed E-state index contributed by atoms with van der Waals surface area (Å²) in [6.07, 6.45) is 6.59. The molecular formula is C18H28O3. The molecule has 0 radical (unpaired) electrons. The van der Waals surface area contributed by atoms with E-state index >= 15 is 0 Å². The minimum Gasteiger partial charge on any atom is -0.504 e. The number of phenolic OH excluding ortho intramolecular Hbond substituents is 1. The molecule has 1 N–H and O–H groups in total. The minimum absolute atomic E-state index is 0.137. The molecular weight excluding hydrogens is 264 g/mol. The second-order valence-corrected chi connectivity index (χ2v) is 6.04. The van der Waals surface area contributed by atoms with Gasteiger partial charge in [0.2, 0.25) is 0 Å². The number of unbranched alkanes of at least 4 members (excludes halogenated alkanes) is 2. The highest BCUT2D eigenvalue weighted by Crippen LogP contribution is 2.26. The third kappa shape index (κ3) is 7.16. The first kappa shape index (κ1) is 17.5. The number of methoxy groups -OCH3 is 1. The summed E-state index contributed by atoms with van der Waals surface area (Å²) in [5.41, 5.74) is 1.03. The van der Waals surface area contributed by atoms with E-state index in [4.69, 9.17) is 4.74 Å². The second-order valence-electron chi connectivity index (χ2n) is 6.04. The maximum absolute atomic E-state index is 11.9. The fourth-order valence-electron chi connectivity index (χ4n) is 2.34. The van der Waals surface area contributed by atoms with Crippen LogP contribution in [-0.2, 0) is 11.2 Å². The summed E-state index contributed by atoms with van der Waals surface area (Å²) in [6.45, 7) is 4.47. The fourth-order valence-corrected chi connectivity index (χ4v) is 2.34. The minimum atomic E-state index is 0.137. The van der Waals surface area contributed by atoms with Crippen molar-refractivity contribution in [2.75, 3.05) is 7.11 Å². The molecule has 21 heavy (non-hydrogen) atoms. The number of carbonyl (C=O) groups excluding carboxylic acids is 1. The molecule has 0 atom stereocenters. The van der Waals surface area contributed by atoms with Crippen LogP contribution in [0.1, 0.15) is 57.9 Å². The molecule has 0 amide bonds. The molecule has 0 bridgehead atoms. The number of rotatable bonds is 10. The molecule has 0 saturated carbocycles. The lowest BCUT2D eigenvalue weighted by atomic mass is 10.0. The van der Waals surface area contributed by atoms with Crippen LogP contribution in [0.15, 0.2) is 18.2 Å². The predicted octanol–water partition coefficient (Wildman–Crippen LogP) is 4.51. The van der Waals surface area contributed by atoms with Crippen LogP contribution in [0.2, 0.25) is 0 Å². The van der Waals surface area contributed by atoms with Crippen molar-refractivity contribution < 1.29 is 14.6 Å². The Morgan fingerprint density at radius 3 is 2.62 bits per heavy atom. The van der Waals surface area contributed by atoms with Crippen molar-refractivity contribution in [2.45, 2.75) is 58.8 Å². The van der Waals surface area contributed by atoms with E-state index in [9.17, 15) is 9.90 Å². The van der Waals surface area contributed by atoms with E-state index < -0.39 is 0 Å². The van der Waals surface area contributed by atoms with Crippen molar-refractivity contribution in [3.63, 3.8) is 0 Å². The highest BCUT2D eigenvalue weighted by molar-refractivity contribution is 5.78. The molecule has 0 fully saturated rings. The van der Waals surface area contributed by atoms with Gasteiger partial charge in [-0.3, -0.25) is 4.79 Å². The van der Waals surface area contributed by atoms with Gasteiger partial charge in [0.1, 0.15) is 5.78 Å². The first-order valence-corrected chi connectivity index (χ1v) is 7.90. The van der Waals surface area contributed by atoms with E-state index in [0.717, 1.165) is 24.3 Å². The van der Waals surface area contributed by atoms with Crippen LogP contribution in [0.5, 0.6) is 11.5 Å². The van der Waals surface area contributed by atoms with Crippen molar-refractivity contribution in [2.24, 2.45) is 5.92 Å². The zero-order chi connectivity index (χ0) is 15.7. The molecule has 3 heteroatoms. The average Bonchev–Trinajstić information content (AvgIpc) is 2.45. The molecule has 1 aromatic rings. The highest BCUT2D eigenvalue weighted by Gasteiger charge is 2.06. The van der Waals surface area contributed by atoms with Crippen LogP contribution in [0.3, 0.4) is 0 Å². The van der Waals surface area contributed by atoms with E-state index in [0.29, 0.717) is 30.8 Å². The molecule has 0 unspecified atom stereocenters. The number of benzene rings is 1. The zero-order valence-corrected chi connectivity index (χ0v) is 13.5. The summed E-state index contributed by atoms with van der Waals surface area (Å²) >= 11 is 0. The number of hydrogen-bond acceptors (Lipinski definition) is 3. The van der Waals surface area contributed by atoms with Crippen molar-refractivity contribution in [3.8, 4) is 11.5 Å². The molecule has 0 aliphatic carbocycles. The van der Waals surface area contributed by atoms with Crippen LogP contribution in [0.25, 0.3) is 0 Å². The summed E-state index contributed by atoms with van der Waals surface area (Å²) in [5, 5.41) is 9.53. The van der Waals surface area contributed by atoms with E-state index in [-0.39, 0.29) is 5.75 Å². The van der Waals surface area contributed by atoms with Gasteiger partial charge in [-0.05, 0) is 36.5 Å². The third-order valence-electron chi connectivity index (χ3n) is 3.67. The van der Waals surface area contributed by atoms with Gasteiger partial charge in [-0.2, -0.15) is 0 Å². The monoisotopic (exact) mass is 292 g/mol. The zero-order valence-electron chi connectivity index (χ0n) is 13.5. The van der Waals surface area contributed by atoms with Crippen molar-refractivity contribution in [1.29, 1.82) is 0 Å². The SMILES string of the molecule is COc1cc(CCC(=O)CCCCCC(C)C)ccc1O. The van der Waals surface area contributed by atoms with Crippen molar-refractivity contribution >= 4 is 5.78 Å². The lowest BCUT2D eigenvalue weighted by Crippen LogP contribution is -2.00. The molecule has 0 spiro atoms. The van der Waals surface area contributed by atoms with Crippen LogP contribution in [0.4, 0.5) is 0 Å². The quantitative estimate of drug-likeness (QED) is 0.645. The number of Topliss-reactive ketones (excluding diaryl/α,β-unsaturated/α-hetero) is 1. The predicted molar refractivity (Wildman–Crippen MR) is 85.9 cm³/mol. The average molecular weight is 292 g/mol. The van der Waals surface area contributed by atoms with E-state index in [1.807, 2.05) is 6.07 Å². The van der Waals surface area contributed by atoms with Gasteiger partial charge in [0.05, 0.1) is 7.11 Å². The Kier molecular flexibility index (Phi) is 7.88. The van der Waals surface area contributed by atoms with E-state index in [1.54, 1.807) is 12.1 Å². The number of phenols is 1. The normalized spacial score (nSPS) is 10.9. The molecule has 1 aromatic carbocycles. The van der Waals surface area contributed by atoms with E-state index in [2.05, 4.69) is 13.8 Å². The number of hydrogen-bond donors (Lipinski definition) is 1. The number of carbonyl (C=O) groups is 1. The Hall–Kier alpha value is -1.51. The summed E-state index contributed by atoms with van der Waals surface area (Å²) in [6, 6.07) is 5.25. The Morgan fingerprint density at radius 2 is 1.95 bits per heavy atom. The molecule has 3 nitrogen and oxygen atoms in total. The standard InChI is InChI=1S/C18H28O3/c1-14(2)7-5-4-6-8-16(19)11-9-15-10-12-17(20)18(13-15)21-3/h10,12-14,20H,4-9,11H2,1-3H3. The fraction of sp³-hybridized carbons (Fsp3) is 0.611. The van der Waals surface area contributed by atoms with Crippen molar-refractivity contribution in [1.82, 2.24) is 0 Å². The van der Waals surface area contributed by atoms with Gasteiger partial charge in [0.25, 0.3) is 0 Å². The number of ether oxygens (including phenoxy) is 1. The van der Waals surface area contributed by atoms with Gasteiger partial charge in [0, 0.05) is 12.8 Å². The van der Waals surface area contributed by atoms with Gasteiger partial charge >= 0.3 is 0 Å². The van der Waals surface area contributed by atoms with Gasteiger partial charge in [-0.25, -0.2) is 0 Å². The number of aromatic hydroxyl groups is 1. The number of aryl methyl sites for hydroxylation is 1. The van der Waals surface area contributed by atoms with Crippen LogP contribution in [0, 0.1) is 5.92 Å². The molecule has 0 aromatic heterocycles. The Labute approximate surface area is 128 Å². The smallest absolute Gasteiger partial charge is 0.160 e. The first-order chi connectivity index (χ1) is 10.0. The summed E-state index contributed by atoms with van der Waals surface area (Å²) in [4.78, 5) is 11.9. The molecule has 0 aliphatic heterocycles. The van der Waals surface area contributed by atoms with Gasteiger partial charge in [-0.15, -0.1) is 0 Å². The topological polar surface area (TPSA) is 46.5 Å². The van der Waals surface area contributed by atoms with Crippen LogP contribution < -0.4 is 4.74 Å². The molecule has 0 saturated heterocycles. The van der Waals surface area contributed by atoms with Crippen molar-refractivity contribution in [3.05, 3.63) is 23.8 Å². The van der Waals surface area contributed by atoms with Gasteiger partial charge in [0.15, 0.2) is 11.5 Å². The molecule has 0 aliphatic rings. The molecule has 118 valence electrons. The first-order valence-electron chi connectivity index (χ1n) is 7.90. The Morgan fingerprint density at radius 1 is 1.19 bits per heavy atom. The Bertz CT molecular complexity index is 438.